The van der Waals surface area contributed by atoms with Crippen LogP contribution in [0.4, 0.5) is 0 Å². The average Bonchev–Trinajstić information content (AvgIpc) is 2.41. The standard InChI is InChI=1S/C15H24N2O2.ClH/c1-2-18-14-5-7-15(8-6-14)19-11-10-17-9-3-4-13(16)12-17;/h5-8,13H,2-4,9-12,16H2,1H3;1H/t13-;/m1./s1. The molecular formula is C15H25ClN2O2. The topological polar surface area (TPSA) is 47.7 Å². The van der Waals surface area contributed by atoms with E-state index in [0.29, 0.717) is 19.3 Å². The Morgan fingerprint density at radius 1 is 1.20 bits per heavy atom. The molecule has 1 aromatic rings. The minimum Gasteiger partial charge on any atom is -0.494 e. The predicted octanol–water partition coefficient (Wildman–Crippen LogP) is 2.31. The van der Waals surface area contributed by atoms with E-state index in [0.717, 1.165) is 37.6 Å². The summed E-state index contributed by atoms with van der Waals surface area (Å²) in [4.78, 5) is 2.38. The first-order valence-electron chi connectivity index (χ1n) is 7.11. The van der Waals surface area contributed by atoms with Gasteiger partial charge in [-0.25, -0.2) is 0 Å². The van der Waals surface area contributed by atoms with E-state index in [2.05, 4.69) is 4.90 Å². The lowest BCUT2D eigenvalue weighted by atomic mass is 10.1. The van der Waals surface area contributed by atoms with Gasteiger partial charge in [-0.15, -0.1) is 12.4 Å². The normalized spacial score (nSPS) is 19.2. The molecule has 4 nitrogen and oxygen atoms in total. The number of nitrogens with two attached hydrogens (primary N) is 1. The number of nitrogens with zero attached hydrogens (tertiary/aromatic N) is 1. The first-order valence-corrected chi connectivity index (χ1v) is 7.11. The molecule has 1 atom stereocenters. The van der Waals surface area contributed by atoms with Crippen LogP contribution in [0, 0.1) is 0 Å². The zero-order valence-electron chi connectivity index (χ0n) is 12.1. The van der Waals surface area contributed by atoms with Crippen molar-refractivity contribution in [2.45, 2.75) is 25.8 Å². The van der Waals surface area contributed by atoms with E-state index in [9.17, 15) is 0 Å². The van der Waals surface area contributed by atoms with Crippen molar-refractivity contribution < 1.29 is 9.47 Å². The summed E-state index contributed by atoms with van der Waals surface area (Å²) in [7, 11) is 0. The maximum Gasteiger partial charge on any atom is 0.119 e. The van der Waals surface area contributed by atoms with Gasteiger partial charge in [-0.1, -0.05) is 0 Å². The quantitative estimate of drug-likeness (QED) is 0.876. The van der Waals surface area contributed by atoms with Gasteiger partial charge in [-0.3, -0.25) is 4.90 Å². The van der Waals surface area contributed by atoms with Gasteiger partial charge in [-0.05, 0) is 50.6 Å². The van der Waals surface area contributed by atoms with Gasteiger partial charge in [0.05, 0.1) is 6.61 Å². The molecule has 20 heavy (non-hydrogen) atoms. The average molecular weight is 301 g/mol. The van der Waals surface area contributed by atoms with Gasteiger partial charge >= 0.3 is 0 Å². The summed E-state index contributed by atoms with van der Waals surface area (Å²) in [5.74, 6) is 1.78. The van der Waals surface area contributed by atoms with Crippen molar-refractivity contribution in [3.05, 3.63) is 24.3 Å². The minimum absolute atomic E-state index is 0. The molecule has 0 aliphatic carbocycles. The highest BCUT2D eigenvalue weighted by Crippen LogP contribution is 2.17. The van der Waals surface area contributed by atoms with Gasteiger partial charge in [0, 0.05) is 19.1 Å². The SMILES string of the molecule is CCOc1ccc(OCCN2CCC[C@@H](N)C2)cc1.Cl. The molecule has 1 saturated heterocycles. The Morgan fingerprint density at radius 2 is 1.85 bits per heavy atom. The van der Waals surface area contributed by atoms with Crippen LogP contribution < -0.4 is 15.2 Å². The van der Waals surface area contributed by atoms with Crippen molar-refractivity contribution >= 4 is 12.4 Å². The van der Waals surface area contributed by atoms with Crippen LogP contribution in [0.1, 0.15) is 19.8 Å². The molecule has 1 aromatic carbocycles. The Bertz CT molecular complexity index is 373. The third kappa shape index (κ3) is 5.57. The minimum atomic E-state index is 0. The first-order chi connectivity index (χ1) is 9.28. The van der Waals surface area contributed by atoms with Crippen LogP contribution in [0.2, 0.25) is 0 Å². The van der Waals surface area contributed by atoms with Crippen LogP contribution in [0.5, 0.6) is 11.5 Å². The number of hydrogen-bond acceptors (Lipinski definition) is 4. The van der Waals surface area contributed by atoms with Crippen molar-refractivity contribution in [2.75, 3.05) is 32.8 Å². The zero-order chi connectivity index (χ0) is 13.5. The summed E-state index contributed by atoms with van der Waals surface area (Å²) >= 11 is 0. The summed E-state index contributed by atoms with van der Waals surface area (Å²) in [6, 6.07) is 8.12. The molecule has 1 aliphatic rings. The fraction of sp³-hybridized carbons (Fsp3) is 0.600. The van der Waals surface area contributed by atoms with Crippen molar-refractivity contribution in [3.8, 4) is 11.5 Å². The number of rotatable bonds is 6. The Labute approximate surface area is 127 Å². The highest BCUT2D eigenvalue weighted by Gasteiger charge is 2.15. The van der Waals surface area contributed by atoms with Gasteiger partial charge < -0.3 is 15.2 Å². The van der Waals surface area contributed by atoms with E-state index in [1.165, 1.54) is 6.42 Å². The number of likely N-dealkylation sites (tertiary alicyclic amines) is 1. The third-order valence-electron chi connectivity index (χ3n) is 3.35. The van der Waals surface area contributed by atoms with Gasteiger partial charge in [0.15, 0.2) is 0 Å². The molecule has 0 radical (unpaired) electrons. The first kappa shape index (κ1) is 17.1. The lowest BCUT2D eigenvalue weighted by molar-refractivity contribution is 0.171. The van der Waals surface area contributed by atoms with E-state index in [1.807, 2.05) is 31.2 Å². The van der Waals surface area contributed by atoms with Crippen LogP contribution in [-0.2, 0) is 0 Å². The molecule has 0 spiro atoms. The van der Waals surface area contributed by atoms with Gasteiger partial charge in [-0.2, -0.15) is 0 Å². The fourth-order valence-corrected chi connectivity index (χ4v) is 2.39. The summed E-state index contributed by atoms with van der Waals surface area (Å²) in [5.41, 5.74) is 5.96. The molecule has 2 N–H and O–H groups in total. The van der Waals surface area contributed by atoms with E-state index in [1.54, 1.807) is 0 Å². The molecular weight excluding hydrogens is 276 g/mol. The van der Waals surface area contributed by atoms with Crippen LogP contribution in [0.25, 0.3) is 0 Å². The van der Waals surface area contributed by atoms with Crippen molar-refractivity contribution in [2.24, 2.45) is 5.73 Å². The van der Waals surface area contributed by atoms with E-state index < -0.39 is 0 Å². The van der Waals surface area contributed by atoms with Crippen molar-refractivity contribution in [1.29, 1.82) is 0 Å². The number of benzene rings is 1. The van der Waals surface area contributed by atoms with Gasteiger partial charge in [0.25, 0.3) is 0 Å². The predicted molar refractivity (Wildman–Crippen MR) is 84.0 cm³/mol. The molecule has 1 fully saturated rings. The van der Waals surface area contributed by atoms with Gasteiger partial charge in [0.1, 0.15) is 18.1 Å². The summed E-state index contributed by atoms with van der Waals surface area (Å²) < 4.78 is 11.1. The zero-order valence-corrected chi connectivity index (χ0v) is 12.9. The maximum atomic E-state index is 5.96. The monoisotopic (exact) mass is 300 g/mol. The molecule has 2 rings (SSSR count). The third-order valence-corrected chi connectivity index (χ3v) is 3.35. The Morgan fingerprint density at radius 3 is 2.45 bits per heavy atom. The summed E-state index contributed by atoms with van der Waals surface area (Å²) in [6.45, 7) is 6.46. The second-order valence-corrected chi connectivity index (χ2v) is 4.96. The molecule has 1 heterocycles. The molecule has 0 unspecified atom stereocenters. The summed E-state index contributed by atoms with van der Waals surface area (Å²) in [5, 5.41) is 0. The van der Waals surface area contributed by atoms with E-state index >= 15 is 0 Å². The smallest absolute Gasteiger partial charge is 0.119 e. The second kappa shape index (κ2) is 9.06. The van der Waals surface area contributed by atoms with E-state index in [4.69, 9.17) is 15.2 Å². The Balaban J connectivity index is 0.00000200. The number of piperidine rings is 1. The Hall–Kier alpha value is -0.970. The second-order valence-electron chi connectivity index (χ2n) is 4.96. The largest absolute Gasteiger partial charge is 0.494 e. The molecule has 0 bridgehead atoms. The lowest BCUT2D eigenvalue weighted by Crippen LogP contribution is -2.44. The summed E-state index contributed by atoms with van der Waals surface area (Å²) in [6.07, 6.45) is 2.35. The van der Waals surface area contributed by atoms with E-state index in [-0.39, 0.29) is 12.4 Å². The molecule has 114 valence electrons. The van der Waals surface area contributed by atoms with Crippen LogP contribution in [0.15, 0.2) is 24.3 Å². The molecule has 0 amide bonds. The number of hydrogen-bond donors (Lipinski definition) is 1. The highest BCUT2D eigenvalue weighted by atomic mass is 35.5. The number of halogens is 1. The fourth-order valence-electron chi connectivity index (χ4n) is 2.39. The molecule has 0 saturated carbocycles. The maximum absolute atomic E-state index is 5.96. The van der Waals surface area contributed by atoms with Crippen LogP contribution in [0.3, 0.4) is 0 Å². The van der Waals surface area contributed by atoms with Crippen LogP contribution in [-0.4, -0.2) is 43.8 Å². The number of ether oxygens (including phenoxy) is 2. The molecule has 5 heteroatoms. The van der Waals surface area contributed by atoms with Crippen molar-refractivity contribution in [3.63, 3.8) is 0 Å². The van der Waals surface area contributed by atoms with Crippen LogP contribution >= 0.6 is 12.4 Å². The lowest BCUT2D eigenvalue weighted by Gasteiger charge is -2.30. The highest BCUT2D eigenvalue weighted by molar-refractivity contribution is 5.85. The Kier molecular flexibility index (Phi) is 7.73. The van der Waals surface area contributed by atoms with Crippen molar-refractivity contribution in [1.82, 2.24) is 4.90 Å². The molecule has 1 aliphatic heterocycles. The van der Waals surface area contributed by atoms with Gasteiger partial charge in [0.2, 0.25) is 0 Å². The molecule has 0 aromatic heterocycles.